The van der Waals surface area contributed by atoms with E-state index in [4.69, 9.17) is 4.74 Å². The Bertz CT molecular complexity index is 750. The van der Waals surface area contributed by atoms with E-state index in [9.17, 15) is 18.4 Å². The van der Waals surface area contributed by atoms with Gasteiger partial charge in [0.2, 0.25) is 0 Å². The summed E-state index contributed by atoms with van der Waals surface area (Å²) in [7, 11) is 0. The van der Waals surface area contributed by atoms with Gasteiger partial charge in [0.25, 0.3) is 5.91 Å². The monoisotopic (exact) mass is 335 g/mol. The number of aromatic nitrogens is 2. The topological polar surface area (TPSA) is 73.2 Å². The minimum Gasteiger partial charge on any atom is -0.357 e. The van der Waals surface area contributed by atoms with Crippen molar-refractivity contribution in [1.82, 2.24) is 9.78 Å². The lowest BCUT2D eigenvalue weighted by molar-refractivity contribution is -0.0395. The van der Waals surface area contributed by atoms with E-state index < -0.39 is 23.1 Å². The van der Waals surface area contributed by atoms with Crippen LogP contribution in [0.2, 0.25) is 0 Å². The average molecular weight is 335 g/mol. The average Bonchev–Trinajstić information content (AvgIpc) is 2.98. The zero-order chi connectivity index (χ0) is 17.1. The van der Waals surface area contributed by atoms with Gasteiger partial charge < -0.3 is 10.1 Å². The predicted molar refractivity (Wildman–Crippen MR) is 80.8 cm³/mol. The molecule has 126 valence electrons. The number of nitrogens with zero attached hydrogens (tertiary/aromatic N) is 2. The van der Waals surface area contributed by atoms with E-state index in [1.165, 1.54) is 10.9 Å². The normalized spacial score (nSPS) is 17.5. The van der Waals surface area contributed by atoms with Crippen LogP contribution in [-0.4, -0.2) is 28.6 Å². The standard InChI is InChI=1S/C16H15F2N3O3/c17-10-4-3-5-11(18)15(10)16(23)19-12-8-21(20-13(12)9-22)14-6-1-2-7-24-14/h3-5,8-9,14H,1-2,6-7H2,(H,19,23). The van der Waals surface area contributed by atoms with E-state index in [-0.39, 0.29) is 17.6 Å². The first kappa shape index (κ1) is 16.3. The smallest absolute Gasteiger partial charge is 0.261 e. The first-order valence-corrected chi connectivity index (χ1v) is 7.51. The molecule has 1 aromatic carbocycles. The molecule has 1 aromatic heterocycles. The molecular formula is C16H15F2N3O3. The highest BCUT2D eigenvalue weighted by atomic mass is 19.1. The van der Waals surface area contributed by atoms with Gasteiger partial charge in [-0.1, -0.05) is 6.07 Å². The molecule has 1 aliphatic heterocycles. The number of amides is 1. The van der Waals surface area contributed by atoms with Crippen molar-refractivity contribution in [3.05, 3.63) is 47.3 Å². The number of rotatable bonds is 4. The van der Waals surface area contributed by atoms with Gasteiger partial charge >= 0.3 is 0 Å². The molecule has 3 rings (SSSR count). The number of aldehydes is 1. The van der Waals surface area contributed by atoms with Crippen LogP contribution in [0.15, 0.2) is 24.4 Å². The summed E-state index contributed by atoms with van der Waals surface area (Å²) < 4.78 is 34.3. The van der Waals surface area contributed by atoms with E-state index in [2.05, 4.69) is 10.4 Å². The van der Waals surface area contributed by atoms with E-state index >= 15 is 0 Å². The van der Waals surface area contributed by atoms with Crippen molar-refractivity contribution in [2.24, 2.45) is 0 Å². The lowest BCUT2D eigenvalue weighted by Gasteiger charge is -2.22. The molecule has 0 radical (unpaired) electrons. The molecule has 1 aliphatic rings. The van der Waals surface area contributed by atoms with Crippen molar-refractivity contribution in [1.29, 1.82) is 0 Å². The Labute approximate surface area is 136 Å². The zero-order valence-corrected chi connectivity index (χ0v) is 12.7. The largest absolute Gasteiger partial charge is 0.357 e. The number of carbonyl (C=O) groups excluding carboxylic acids is 2. The molecule has 8 heteroatoms. The van der Waals surface area contributed by atoms with Crippen LogP contribution in [0.25, 0.3) is 0 Å². The minimum absolute atomic E-state index is 0.0331. The number of hydrogen-bond donors (Lipinski definition) is 1. The van der Waals surface area contributed by atoms with Crippen LogP contribution in [0.3, 0.4) is 0 Å². The Hall–Kier alpha value is -2.61. The summed E-state index contributed by atoms with van der Waals surface area (Å²) in [5, 5.41) is 6.40. The van der Waals surface area contributed by atoms with Crippen molar-refractivity contribution < 1.29 is 23.1 Å². The van der Waals surface area contributed by atoms with Gasteiger partial charge in [-0.2, -0.15) is 5.10 Å². The van der Waals surface area contributed by atoms with Crippen LogP contribution >= 0.6 is 0 Å². The van der Waals surface area contributed by atoms with Gasteiger partial charge in [-0.05, 0) is 31.4 Å². The fourth-order valence-corrected chi connectivity index (χ4v) is 2.57. The van der Waals surface area contributed by atoms with Crippen LogP contribution in [0.4, 0.5) is 14.5 Å². The fourth-order valence-electron chi connectivity index (χ4n) is 2.57. The first-order valence-electron chi connectivity index (χ1n) is 7.51. The Balaban J connectivity index is 1.85. The molecule has 1 amide bonds. The molecule has 2 aromatic rings. The molecule has 24 heavy (non-hydrogen) atoms. The number of halogens is 2. The molecule has 1 unspecified atom stereocenters. The number of carbonyl (C=O) groups is 2. The number of hydrogen-bond acceptors (Lipinski definition) is 4. The fraction of sp³-hybridized carbons (Fsp3) is 0.312. The molecule has 1 N–H and O–H groups in total. The molecule has 1 atom stereocenters. The van der Waals surface area contributed by atoms with Gasteiger partial charge in [-0.15, -0.1) is 0 Å². The van der Waals surface area contributed by atoms with Gasteiger partial charge in [0.1, 0.15) is 29.1 Å². The second kappa shape index (κ2) is 6.88. The molecule has 6 nitrogen and oxygen atoms in total. The highest BCUT2D eigenvalue weighted by Crippen LogP contribution is 2.25. The molecule has 1 saturated heterocycles. The Morgan fingerprint density at radius 3 is 2.71 bits per heavy atom. The predicted octanol–water partition coefficient (Wildman–Crippen LogP) is 2.93. The summed E-state index contributed by atoms with van der Waals surface area (Å²) in [5.41, 5.74) is -0.669. The summed E-state index contributed by atoms with van der Waals surface area (Å²) in [6.07, 6.45) is 4.21. The SMILES string of the molecule is O=Cc1nn(C2CCCCO2)cc1NC(=O)c1c(F)cccc1F. The number of benzene rings is 1. The van der Waals surface area contributed by atoms with Crippen molar-refractivity contribution in [2.45, 2.75) is 25.5 Å². The van der Waals surface area contributed by atoms with Crippen LogP contribution in [0, 0.1) is 11.6 Å². The lowest BCUT2D eigenvalue weighted by Crippen LogP contribution is -2.18. The summed E-state index contributed by atoms with van der Waals surface area (Å²) >= 11 is 0. The van der Waals surface area contributed by atoms with Crippen molar-refractivity contribution >= 4 is 17.9 Å². The molecular weight excluding hydrogens is 320 g/mol. The molecule has 0 bridgehead atoms. The Kier molecular flexibility index (Phi) is 4.66. The second-order valence-electron chi connectivity index (χ2n) is 5.40. The molecule has 0 saturated carbocycles. The summed E-state index contributed by atoms with van der Waals surface area (Å²) in [4.78, 5) is 23.3. The Morgan fingerprint density at radius 2 is 2.08 bits per heavy atom. The third-order valence-corrected chi connectivity index (χ3v) is 3.76. The van der Waals surface area contributed by atoms with Crippen molar-refractivity contribution in [2.75, 3.05) is 11.9 Å². The molecule has 0 aliphatic carbocycles. The second-order valence-corrected chi connectivity index (χ2v) is 5.40. The summed E-state index contributed by atoms with van der Waals surface area (Å²) in [6, 6.07) is 3.13. The van der Waals surface area contributed by atoms with Crippen molar-refractivity contribution in [3.8, 4) is 0 Å². The van der Waals surface area contributed by atoms with E-state index in [1.54, 1.807) is 0 Å². The van der Waals surface area contributed by atoms with E-state index in [0.717, 1.165) is 37.5 Å². The van der Waals surface area contributed by atoms with Crippen molar-refractivity contribution in [3.63, 3.8) is 0 Å². The van der Waals surface area contributed by atoms with Gasteiger partial charge in [0.15, 0.2) is 6.29 Å². The summed E-state index contributed by atoms with van der Waals surface area (Å²) in [5.74, 6) is -2.95. The van der Waals surface area contributed by atoms with Crippen LogP contribution in [0.1, 0.15) is 46.3 Å². The highest BCUT2D eigenvalue weighted by molar-refractivity contribution is 6.06. The van der Waals surface area contributed by atoms with E-state index in [0.29, 0.717) is 12.9 Å². The van der Waals surface area contributed by atoms with Gasteiger partial charge in [-0.3, -0.25) is 9.59 Å². The van der Waals surface area contributed by atoms with Crippen LogP contribution in [0.5, 0.6) is 0 Å². The summed E-state index contributed by atoms with van der Waals surface area (Å²) in [6.45, 7) is 0.586. The number of anilines is 1. The third-order valence-electron chi connectivity index (χ3n) is 3.76. The number of ether oxygens (including phenoxy) is 1. The minimum atomic E-state index is -0.988. The lowest BCUT2D eigenvalue weighted by atomic mass is 10.2. The maximum absolute atomic E-state index is 13.7. The van der Waals surface area contributed by atoms with Crippen LogP contribution in [-0.2, 0) is 4.74 Å². The molecule has 1 fully saturated rings. The van der Waals surface area contributed by atoms with Gasteiger partial charge in [0, 0.05) is 6.61 Å². The maximum atomic E-state index is 13.7. The maximum Gasteiger partial charge on any atom is 0.261 e. The van der Waals surface area contributed by atoms with Gasteiger partial charge in [0.05, 0.1) is 11.9 Å². The molecule has 0 spiro atoms. The van der Waals surface area contributed by atoms with E-state index in [1.807, 2.05) is 0 Å². The van der Waals surface area contributed by atoms with Gasteiger partial charge in [-0.25, -0.2) is 13.5 Å². The third kappa shape index (κ3) is 3.18. The van der Waals surface area contributed by atoms with Crippen LogP contribution < -0.4 is 5.32 Å². The quantitative estimate of drug-likeness (QED) is 0.872. The Morgan fingerprint density at radius 1 is 1.33 bits per heavy atom. The highest BCUT2D eigenvalue weighted by Gasteiger charge is 2.22. The number of nitrogens with one attached hydrogen (secondary N) is 1. The molecule has 2 heterocycles. The zero-order valence-electron chi connectivity index (χ0n) is 12.7. The first-order chi connectivity index (χ1) is 11.6.